The summed E-state index contributed by atoms with van der Waals surface area (Å²) >= 11 is 1.76. The quantitative estimate of drug-likeness (QED) is 0.669. The first-order valence-corrected chi connectivity index (χ1v) is 9.34. The molecule has 116 valence electrons. The fourth-order valence-corrected chi connectivity index (χ4v) is 3.83. The molecule has 1 aliphatic carbocycles. The highest BCUT2D eigenvalue weighted by Crippen LogP contribution is 2.33. The van der Waals surface area contributed by atoms with Gasteiger partial charge in [0.05, 0.1) is 5.52 Å². The molecule has 1 aliphatic rings. The molecule has 0 saturated carbocycles. The minimum Gasteiger partial charge on any atom is -0.398 e. The van der Waals surface area contributed by atoms with E-state index in [-0.39, 0.29) is 0 Å². The van der Waals surface area contributed by atoms with Crippen LogP contribution in [0, 0.1) is 0 Å². The second-order valence-corrected chi connectivity index (χ2v) is 7.00. The van der Waals surface area contributed by atoms with Crippen LogP contribution in [0.4, 0.5) is 5.69 Å². The average Bonchev–Trinajstić information content (AvgIpc) is 2.61. The Bertz CT molecular complexity index is 869. The van der Waals surface area contributed by atoms with Crippen molar-refractivity contribution in [2.75, 3.05) is 12.0 Å². The minimum atomic E-state index is 0.939. The van der Waals surface area contributed by atoms with Gasteiger partial charge >= 0.3 is 0 Å². The maximum Gasteiger partial charge on any atom is 0.0732 e. The van der Waals surface area contributed by atoms with Crippen LogP contribution < -0.4 is 5.73 Å². The lowest BCUT2D eigenvalue weighted by Gasteiger charge is -2.18. The summed E-state index contributed by atoms with van der Waals surface area (Å²) in [5.74, 6) is 0. The Balaban J connectivity index is 1.83. The Morgan fingerprint density at radius 3 is 2.48 bits per heavy atom. The lowest BCUT2D eigenvalue weighted by atomic mass is 9.92. The van der Waals surface area contributed by atoms with Gasteiger partial charge in [0.2, 0.25) is 0 Å². The van der Waals surface area contributed by atoms with Gasteiger partial charge in [-0.05, 0) is 66.8 Å². The lowest BCUT2D eigenvalue weighted by molar-refractivity contribution is 0.673. The van der Waals surface area contributed by atoms with E-state index in [9.17, 15) is 0 Å². The number of aromatic nitrogens is 1. The van der Waals surface area contributed by atoms with Crippen LogP contribution in [0.3, 0.4) is 0 Å². The fourth-order valence-electron chi connectivity index (χ4n) is 3.43. The largest absolute Gasteiger partial charge is 0.398 e. The smallest absolute Gasteiger partial charge is 0.0732 e. The summed E-state index contributed by atoms with van der Waals surface area (Å²) in [5.41, 5.74) is 13.3. The van der Waals surface area contributed by atoms with Crippen LogP contribution in [0.1, 0.15) is 24.1 Å². The van der Waals surface area contributed by atoms with E-state index in [0.29, 0.717) is 0 Å². The zero-order valence-corrected chi connectivity index (χ0v) is 14.1. The average molecular weight is 320 g/mol. The Morgan fingerprint density at radius 2 is 1.70 bits per heavy atom. The molecule has 0 bridgehead atoms. The molecule has 0 saturated heterocycles. The molecule has 0 fully saturated rings. The number of hydrogen-bond donors (Lipinski definition) is 1. The van der Waals surface area contributed by atoms with Crippen molar-refractivity contribution in [2.45, 2.75) is 30.6 Å². The van der Waals surface area contributed by atoms with Crippen LogP contribution in [0.15, 0.2) is 47.4 Å². The molecule has 0 aliphatic heterocycles. The van der Waals surface area contributed by atoms with Gasteiger partial charge in [-0.3, -0.25) is 4.98 Å². The standard InChI is InChI=1S/C20H20N2S/c1-23-15-9-6-13(7-10-15)14-8-11-17-19(12-14)22-18-5-3-2-4-16(18)20(17)21/h6-12H,2-5H2,1H3,(H2,21,22). The molecule has 0 unspecified atom stereocenters. The number of thioether (sulfide) groups is 1. The lowest BCUT2D eigenvalue weighted by Crippen LogP contribution is -2.09. The summed E-state index contributed by atoms with van der Waals surface area (Å²) in [6.07, 6.45) is 6.68. The van der Waals surface area contributed by atoms with Gasteiger partial charge in [-0.25, -0.2) is 0 Å². The van der Waals surface area contributed by atoms with Crippen molar-refractivity contribution in [2.24, 2.45) is 0 Å². The predicted molar refractivity (Wildman–Crippen MR) is 100 cm³/mol. The molecular weight excluding hydrogens is 300 g/mol. The van der Waals surface area contributed by atoms with Crippen LogP contribution in [0.5, 0.6) is 0 Å². The molecule has 2 aromatic carbocycles. The number of aryl methyl sites for hydroxylation is 1. The summed E-state index contributed by atoms with van der Waals surface area (Å²) in [4.78, 5) is 6.20. The van der Waals surface area contributed by atoms with E-state index in [1.54, 1.807) is 11.8 Å². The third kappa shape index (κ3) is 2.59. The minimum absolute atomic E-state index is 0.939. The summed E-state index contributed by atoms with van der Waals surface area (Å²) in [5, 5.41) is 1.09. The molecule has 2 nitrogen and oxygen atoms in total. The molecule has 23 heavy (non-hydrogen) atoms. The third-order valence-corrected chi connectivity index (χ3v) is 5.47. The van der Waals surface area contributed by atoms with Crippen molar-refractivity contribution in [3.05, 3.63) is 53.7 Å². The number of fused-ring (bicyclic) bond motifs is 2. The number of rotatable bonds is 2. The molecule has 3 aromatic rings. The Labute approximate surface area is 141 Å². The first kappa shape index (κ1) is 14.6. The molecule has 0 atom stereocenters. The monoisotopic (exact) mass is 320 g/mol. The first-order valence-electron chi connectivity index (χ1n) is 8.11. The van der Waals surface area contributed by atoms with Gasteiger partial charge in [0.1, 0.15) is 0 Å². The number of anilines is 1. The SMILES string of the molecule is CSc1ccc(-c2ccc3c(N)c4c(nc3c2)CCCC4)cc1. The van der Waals surface area contributed by atoms with Gasteiger partial charge in [0.25, 0.3) is 0 Å². The number of benzene rings is 2. The topological polar surface area (TPSA) is 38.9 Å². The normalized spacial score (nSPS) is 14.0. The highest BCUT2D eigenvalue weighted by atomic mass is 32.2. The predicted octanol–water partition coefficient (Wildman–Crippen LogP) is 5.08. The van der Waals surface area contributed by atoms with E-state index in [0.717, 1.165) is 29.4 Å². The maximum atomic E-state index is 6.42. The molecule has 1 heterocycles. The summed E-state index contributed by atoms with van der Waals surface area (Å²) in [6.45, 7) is 0. The van der Waals surface area contributed by atoms with Crippen molar-refractivity contribution in [1.82, 2.24) is 4.98 Å². The van der Waals surface area contributed by atoms with Crippen LogP contribution in [0.25, 0.3) is 22.0 Å². The summed E-state index contributed by atoms with van der Waals surface area (Å²) in [6, 6.07) is 15.1. The highest BCUT2D eigenvalue weighted by Gasteiger charge is 2.16. The Hall–Kier alpha value is -2.00. The van der Waals surface area contributed by atoms with Gasteiger partial charge in [0, 0.05) is 21.7 Å². The van der Waals surface area contributed by atoms with E-state index in [2.05, 4.69) is 48.7 Å². The van der Waals surface area contributed by atoms with Crippen molar-refractivity contribution >= 4 is 28.4 Å². The molecule has 0 spiro atoms. The maximum absolute atomic E-state index is 6.42. The molecule has 1 aromatic heterocycles. The number of pyridine rings is 1. The van der Waals surface area contributed by atoms with Crippen LogP contribution in [-0.2, 0) is 12.8 Å². The van der Waals surface area contributed by atoms with E-state index in [4.69, 9.17) is 10.7 Å². The zero-order chi connectivity index (χ0) is 15.8. The van der Waals surface area contributed by atoms with Crippen LogP contribution in [0.2, 0.25) is 0 Å². The number of hydrogen-bond acceptors (Lipinski definition) is 3. The van der Waals surface area contributed by atoms with Gasteiger partial charge in [-0.15, -0.1) is 11.8 Å². The number of nitrogens with two attached hydrogens (primary N) is 1. The Kier molecular flexibility index (Phi) is 3.74. The highest BCUT2D eigenvalue weighted by molar-refractivity contribution is 7.98. The van der Waals surface area contributed by atoms with Gasteiger partial charge in [-0.2, -0.15) is 0 Å². The molecule has 4 rings (SSSR count). The first-order chi connectivity index (χ1) is 11.3. The van der Waals surface area contributed by atoms with E-state index < -0.39 is 0 Å². The van der Waals surface area contributed by atoms with E-state index >= 15 is 0 Å². The van der Waals surface area contributed by atoms with Crippen molar-refractivity contribution in [3.8, 4) is 11.1 Å². The molecule has 2 N–H and O–H groups in total. The van der Waals surface area contributed by atoms with Gasteiger partial charge < -0.3 is 5.73 Å². The van der Waals surface area contributed by atoms with Gasteiger partial charge in [-0.1, -0.05) is 24.3 Å². The summed E-state index contributed by atoms with van der Waals surface area (Å²) in [7, 11) is 0. The van der Waals surface area contributed by atoms with Gasteiger partial charge in [0.15, 0.2) is 0 Å². The zero-order valence-electron chi connectivity index (χ0n) is 13.3. The fraction of sp³-hybridized carbons (Fsp3) is 0.250. The van der Waals surface area contributed by atoms with Crippen molar-refractivity contribution in [3.63, 3.8) is 0 Å². The molecule has 0 amide bonds. The third-order valence-electron chi connectivity index (χ3n) is 4.73. The van der Waals surface area contributed by atoms with Crippen LogP contribution in [-0.4, -0.2) is 11.2 Å². The van der Waals surface area contributed by atoms with Crippen LogP contribution >= 0.6 is 11.8 Å². The van der Waals surface area contributed by atoms with Crippen molar-refractivity contribution < 1.29 is 0 Å². The molecule has 3 heteroatoms. The summed E-state index contributed by atoms with van der Waals surface area (Å²) < 4.78 is 0. The van der Waals surface area contributed by atoms with E-state index in [1.165, 1.54) is 40.1 Å². The number of nitrogen functional groups attached to an aromatic ring is 1. The number of nitrogens with zero attached hydrogens (tertiary/aromatic N) is 1. The molecular formula is C20H20N2S. The Morgan fingerprint density at radius 1 is 0.957 bits per heavy atom. The second-order valence-electron chi connectivity index (χ2n) is 6.12. The van der Waals surface area contributed by atoms with Crippen molar-refractivity contribution in [1.29, 1.82) is 0 Å². The molecule has 0 radical (unpaired) electrons. The second kappa shape index (κ2) is 5.89. The van der Waals surface area contributed by atoms with E-state index in [1.807, 2.05) is 0 Å².